The van der Waals surface area contributed by atoms with Gasteiger partial charge in [0.15, 0.2) is 0 Å². The molecule has 0 fully saturated rings. The van der Waals surface area contributed by atoms with Gasteiger partial charge in [0.05, 0.1) is 12.5 Å². The molecule has 3 heteroatoms. The predicted octanol–water partition coefficient (Wildman–Crippen LogP) is 1.34. The Morgan fingerprint density at radius 3 is 2.62 bits per heavy atom. The maximum atomic E-state index is 11.6. The molecule has 0 aliphatic rings. The Bertz CT molecular complexity index is 389. The Hall–Kier alpha value is -1.95. The van der Waals surface area contributed by atoms with Crippen molar-refractivity contribution in [2.75, 3.05) is 5.73 Å². The summed E-state index contributed by atoms with van der Waals surface area (Å²) in [5.74, 6) is 2.46. The third-order valence-electron chi connectivity index (χ3n) is 2.29. The second-order valence-electron chi connectivity index (χ2n) is 3.61. The van der Waals surface area contributed by atoms with Crippen LogP contribution >= 0.6 is 0 Å². The maximum absolute atomic E-state index is 11.6. The minimum atomic E-state index is -0.179. The summed E-state index contributed by atoms with van der Waals surface area (Å²) in [7, 11) is 0. The molecule has 1 aromatic carbocycles. The van der Waals surface area contributed by atoms with E-state index < -0.39 is 0 Å². The van der Waals surface area contributed by atoms with Gasteiger partial charge in [0.2, 0.25) is 5.91 Å². The van der Waals surface area contributed by atoms with E-state index in [1.54, 1.807) is 12.1 Å². The Morgan fingerprint density at radius 2 is 2.12 bits per heavy atom. The van der Waals surface area contributed by atoms with Gasteiger partial charge in [-0.05, 0) is 24.1 Å². The molecule has 0 saturated carbocycles. The number of terminal acetylenes is 1. The first kappa shape index (κ1) is 12.1. The van der Waals surface area contributed by atoms with E-state index in [4.69, 9.17) is 12.2 Å². The van der Waals surface area contributed by atoms with Crippen molar-refractivity contribution in [3.8, 4) is 12.3 Å². The topological polar surface area (TPSA) is 55.1 Å². The first-order chi connectivity index (χ1) is 7.65. The third kappa shape index (κ3) is 3.66. The van der Waals surface area contributed by atoms with Crippen molar-refractivity contribution < 1.29 is 4.79 Å². The third-order valence-corrected chi connectivity index (χ3v) is 2.29. The zero-order chi connectivity index (χ0) is 12.0. The summed E-state index contributed by atoms with van der Waals surface area (Å²) in [6.45, 7) is 1.94. The number of nitrogens with one attached hydrogen (secondary N) is 1. The molecule has 0 saturated heterocycles. The number of amides is 1. The van der Waals surface area contributed by atoms with Gasteiger partial charge < -0.3 is 11.1 Å². The quantitative estimate of drug-likeness (QED) is 0.589. The highest BCUT2D eigenvalue weighted by Crippen LogP contribution is 2.06. The van der Waals surface area contributed by atoms with E-state index >= 15 is 0 Å². The molecule has 1 aromatic rings. The fourth-order valence-electron chi connectivity index (χ4n) is 1.33. The van der Waals surface area contributed by atoms with Crippen LogP contribution in [0.1, 0.15) is 18.9 Å². The summed E-state index contributed by atoms with van der Waals surface area (Å²) in [6, 6.07) is 7.06. The van der Waals surface area contributed by atoms with Gasteiger partial charge in [0, 0.05) is 5.69 Å². The summed E-state index contributed by atoms with van der Waals surface area (Å²) >= 11 is 0. The molecule has 0 bridgehead atoms. The number of benzene rings is 1. The van der Waals surface area contributed by atoms with E-state index in [1.807, 2.05) is 19.1 Å². The summed E-state index contributed by atoms with van der Waals surface area (Å²) in [5.41, 5.74) is 7.18. The highest BCUT2D eigenvalue weighted by atomic mass is 16.1. The maximum Gasteiger partial charge on any atom is 0.225 e. The Balaban J connectivity index is 2.52. The second kappa shape index (κ2) is 5.82. The van der Waals surface area contributed by atoms with E-state index in [0.29, 0.717) is 12.1 Å². The molecule has 1 unspecified atom stereocenters. The summed E-state index contributed by atoms with van der Waals surface area (Å²) < 4.78 is 0. The van der Waals surface area contributed by atoms with Crippen LogP contribution in [0.2, 0.25) is 0 Å². The smallest absolute Gasteiger partial charge is 0.225 e. The molecule has 1 atom stereocenters. The number of hydrogen-bond donors (Lipinski definition) is 2. The van der Waals surface area contributed by atoms with Crippen molar-refractivity contribution in [3.05, 3.63) is 29.8 Å². The van der Waals surface area contributed by atoms with Gasteiger partial charge in [-0.3, -0.25) is 4.79 Å². The van der Waals surface area contributed by atoms with E-state index in [1.165, 1.54) is 0 Å². The van der Waals surface area contributed by atoms with Crippen molar-refractivity contribution in [2.45, 2.75) is 25.8 Å². The number of rotatable bonds is 4. The van der Waals surface area contributed by atoms with Gasteiger partial charge >= 0.3 is 0 Å². The zero-order valence-corrected chi connectivity index (χ0v) is 9.36. The molecule has 84 valence electrons. The molecule has 3 N–H and O–H groups in total. The first-order valence-corrected chi connectivity index (χ1v) is 5.25. The molecule has 0 aromatic heterocycles. The molecule has 0 radical (unpaired) electrons. The molecule has 1 rings (SSSR count). The number of carbonyl (C=O) groups excluding carboxylic acids is 1. The van der Waals surface area contributed by atoms with Gasteiger partial charge in [0.1, 0.15) is 0 Å². The van der Waals surface area contributed by atoms with Crippen LogP contribution in [-0.2, 0) is 11.2 Å². The summed E-state index contributed by atoms with van der Waals surface area (Å²) in [4.78, 5) is 11.6. The standard InChI is InChI=1S/C13H16N2O/c1-3-12(4-2)15-13(16)9-10-5-7-11(14)8-6-10/h1,5-8,12H,4,9,14H2,2H3,(H,15,16). The number of nitrogen functional groups attached to an aromatic ring is 1. The molecule has 0 spiro atoms. The minimum absolute atomic E-state index is 0.0606. The van der Waals surface area contributed by atoms with Crippen LogP contribution in [0.3, 0.4) is 0 Å². The van der Waals surface area contributed by atoms with Crippen LogP contribution in [0.4, 0.5) is 5.69 Å². The predicted molar refractivity (Wildman–Crippen MR) is 65.6 cm³/mol. The van der Waals surface area contributed by atoms with Crippen molar-refractivity contribution >= 4 is 11.6 Å². The van der Waals surface area contributed by atoms with Gasteiger partial charge in [-0.2, -0.15) is 0 Å². The van der Waals surface area contributed by atoms with Crippen LogP contribution in [-0.4, -0.2) is 11.9 Å². The lowest BCUT2D eigenvalue weighted by Gasteiger charge is -2.10. The Labute approximate surface area is 96.0 Å². The van der Waals surface area contributed by atoms with Crippen LogP contribution < -0.4 is 11.1 Å². The fraction of sp³-hybridized carbons (Fsp3) is 0.308. The van der Waals surface area contributed by atoms with Crippen LogP contribution in [0.15, 0.2) is 24.3 Å². The molecule has 3 nitrogen and oxygen atoms in total. The van der Waals surface area contributed by atoms with Crippen molar-refractivity contribution in [2.24, 2.45) is 0 Å². The average Bonchev–Trinajstić information content (AvgIpc) is 2.29. The molecule has 1 amide bonds. The number of anilines is 1. The monoisotopic (exact) mass is 216 g/mol. The molecule has 16 heavy (non-hydrogen) atoms. The first-order valence-electron chi connectivity index (χ1n) is 5.25. The Morgan fingerprint density at radius 1 is 1.50 bits per heavy atom. The van der Waals surface area contributed by atoms with Crippen LogP contribution in [0.25, 0.3) is 0 Å². The zero-order valence-electron chi connectivity index (χ0n) is 9.36. The molecule has 0 heterocycles. The highest BCUT2D eigenvalue weighted by molar-refractivity contribution is 5.79. The fourth-order valence-corrected chi connectivity index (χ4v) is 1.33. The van der Waals surface area contributed by atoms with Crippen molar-refractivity contribution in [1.82, 2.24) is 5.32 Å². The summed E-state index contributed by atoms with van der Waals surface area (Å²) in [5, 5.41) is 2.77. The molecule has 0 aliphatic heterocycles. The van der Waals surface area contributed by atoms with Crippen LogP contribution in [0.5, 0.6) is 0 Å². The average molecular weight is 216 g/mol. The lowest BCUT2D eigenvalue weighted by Crippen LogP contribution is -2.34. The number of hydrogen-bond acceptors (Lipinski definition) is 2. The highest BCUT2D eigenvalue weighted by Gasteiger charge is 2.07. The second-order valence-corrected chi connectivity index (χ2v) is 3.61. The lowest BCUT2D eigenvalue weighted by atomic mass is 10.1. The minimum Gasteiger partial charge on any atom is -0.399 e. The van der Waals surface area contributed by atoms with Gasteiger partial charge in [-0.1, -0.05) is 25.0 Å². The molecule has 0 aliphatic carbocycles. The number of carbonyl (C=O) groups is 1. The Kier molecular flexibility index (Phi) is 4.41. The van der Waals surface area contributed by atoms with Gasteiger partial charge in [-0.15, -0.1) is 6.42 Å². The summed E-state index contributed by atoms with van der Waals surface area (Å²) in [6.07, 6.45) is 6.34. The van der Waals surface area contributed by atoms with E-state index in [9.17, 15) is 4.79 Å². The van der Waals surface area contributed by atoms with Gasteiger partial charge in [0.25, 0.3) is 0 Å². The SMILES string of the molecule is C#CC(CC)NC(=O)Cc1ccc(N)cc1. The van der Waals surface area contributed by atoms with Gasteiger partial charge in [-0.25, -0.2) is 0 Å². The molecular weight excluding hydrogens is 200 g/mol. The number of nitrogens with two attached hydrogens (primary N) is 1. The van der Waals surface area contributed by atoms with E-state index in [0.717, 1.165) is 12.0 Å². The van der Waals surface area contributed by atoms with Crippen molar-refractivity contribution in [3.63, 3.8) is 0 Å². The normalized spacial score (nSPS) is 11.5. The lowest BCUT2D eigenvalue weighted by molar-refractivity contribution is -0.120. The largest absolute Gasteiger partial charge is 0.399 e. The van der Waals surface area contributed by atoms with E-state index in [2.05, 4.69) is 11.2 Å². The molecular formula is C13H16N2O. The van der Waals surface area contributed by atoms with Crippen LogP contribution in [0, 0.1) is 12.3 Å². The van der Waals surface area contributed by atoms with E-state index in [-0.39, 0.29) is 11.9 Å². The van der Waals surface area contributed by atoms with Crippen molar-refractivity contribution in [1.29, 1.82) is 0 Å².